The highest BCUT2D eigenvalue weighted by Gasteiger charge is 2.19. The van der Waals surface area contributed by atoms with E-state index in [2.05, 4.69) is 4.84 Å². The van der Waals surface area contributed by atoms with E-state index in [9.17, 15) is 14.8 Å². The topological polar surface area (TPSA) is 78.6 Å². The summed E-state index contributed by atoms with van der Waals surface area (Å²) in [7, 11) is 1.45. The average Bonchev–Trinajstić information content (AvgIpc) is 2.34. The second-order valence-electron chi connectivity index (χ2n) is 3.28. The molecule has 0 spiro atoms. The zero-order valence-corrected chi connectivity index (χ0v) is 9.51. The molecule has 17 heavy (non-hydrogen) atoms. The van der Waals surface area contributed by atoms with Gasteiger partial charge >= 0.3 is 5.97 Å². The van der Waals surface area contributed by atoms with E-state index >= 15 is 0 Å². The maximum atomic E-state index is 11.6. The fourth-order valence-corrected chi connectivity index (χ4v) is 1.28. The van der Waals surface area contributed by atoms with Crippen molar-refractivity contribution >= 4 is 18.1 Å². The van der Waals surface area contributed by atoms with Crippen LogP contribution in [0, 0.1) is 0 Å². The summed E-state index contributed by atoms with van der Waals surface area (Å²) < 4.78 is 0.902. The summed E-state index contributed by atoms with van der Waals surface area (Å²) in [6.45, 7) is 1.65. The van der Waals surface area contributed by atoms with Crippen LogP contribution in [-0.4, -0.2) is 35.1 Å². The van der Waals surface area contributed by atoms with Crippen LogP contribution < -0.4 is 5.48 Å². The molecule has 0 atom stereocenters. The van der Waals surface area contributed by atoms with E-state index in [1.165, 1.54) is 13.1 Å². The van der Waals surface area contributed by atoms with Crippen LogP contribution in [0.2, 0.25) is 0 Å². The highest BCUT2D eigenvalue weighted by atomic mass is 16.7. The summed E-state index contributed by atoms with van der Waals surface area (Å²) in [4.78, 5) is 26.1. The molecule has 0 aliphatic carbocycles. The fraction of sp³-hybridized carbons (Fsp3) is 0.182. The molecule has 6 nitrogen and oxygen atoms in total. The summed E-state index contributed by atoms with van der Waals surface area (Å²) in [6.07, 6.45) is 0.259. The number of benzene rings is 1. The van der Waals surface area contributed by atoms with Crippen LogP contribution in [0.4, 0.5) is 0 Å². The number of hydrogen-bond acceptors (Lipinski definition) is 4. The van der Waals surface area contributed by atoms with E-state index in [0.717, 1.165) is 4.74 Å². The monoisotopic (exact) mass is 237 g/mol. The molecule has 2 N–H and O–H groups in total. The molecule has 0 heterocycles. The van der Waals surface area contributed by atoms with Crippen molar-refractivity contribution in [3.05, 3.63) is 35.4 Å². The van der Waals surface area contributed by atoms with Gasteiger partial charge in [-0.25, -0.2) is 4.79 Å². The Morgan fingerprint density at radius 2 is 2.00 bits per heavy atom. The maximum absolute atomic E-state index is 11.6. The van der Waals surface area contributed by atoms with Gasteiger partial charge in [-0.1, -0.05) is 12.1 Å². The van der Waals surface area contributed by atoms with Crippen molar-refractivity contribution in [3.8, 4) is 0 Å². The van der Waals surface area contributed by atoms with Gasteiger partial charge in [0.2, 0.25) is 12.1 Å². The summed E-state index contributed by atoms with van der Waals surface area (Å²) in [5.41, 5.74) is 3.09. The van der Waals surface area contributed by atoms with E-state index in [-0.39, 0.29) is 12.0 Å². The first-order valence-corrected chi connectivity index (χ1v) is 4.83. The van der Waals surface area contributed by atoms with Gasteiger partial charge in [-0.2, -0.15) is 5.48 Å². The van der Waals surface area contributed by atoms with Gasteiger partial charge in [0.25, 0.3) is 0 Å². The lowest BCUT2D eigenvalue weighted by atomic mass is 10.0. The SMILES string of the molecule is CC(c1ccccc1C(=O)ONC=O)=[N+](C)O. The van der Waals surface area contributed by atoms with Gasteiger partial charge in [-0.05, 0) is 16.9 Å². The minimum atomic E-state index is -0.700. The van der Waals surface area contributed by atoms with E-state index < -0.39 is 5.97 Å². The third kappa shape index (κ3) is 3.04. The Morgan fingerprint density at radius 3 is 2.53 bits per heavy atom. The predicted octanol–water partition coefficient (Wildman–Crippen LogP) is 0.345. The number of rotatable bonds is 4. The third-order valence-electron chi connectivity index (χ3n) is 2.22. The molecule has 1 amide bonds. The van der Waals surface area contributed by atoms with Gasteiger partial charge in [0.1, 0.15) is 0 Å². The first kappa shape index (κ1) is 12.7. The molecule has 0 unspecified atom stereocenters. The van der Waals surface area contributed by atoms with Crippen molar-refractivity contribution in [2.75, 3.05) is 7.05 Å². The number of hydrogen-bond donors (Lipinski definition) is 2. The van der Waals surface area contributed by atoms with Crippen molar-refractivity contribution in [3.63, 3.8) is 0 Å². The summed E-state index contributed by atoms with van der Waals surface area (Å²) in [5, 5.41) is 9.33. The number of hydroxylamine groups is 2. The predicted molar refractivity (Wildman–Crippen MR) is 58.8 cm³/mol. The van der Waals surface area contributed by atoms with E-state index in [1.807, 2.05) is 5.48 Å². The average molecular weight is 237 g/mol. The third-order valence-corrected chi connectivity index (χ3v) is 2.22. The van der Waals surface area contributed by atoms with Crippen LogP contribution in [0.5, 0.6) is 0 Å². The molecule has 0 radical (unpaired) electrons. The van der Waals surface area contributed by atoms with Crippen LogP contribution in [0.1, 0.15) is 22.8 Å². The molecule has 0 fully saturated rings. The van der Waals surface area contributed by atoms with Crippen molar-refractivity contribution in [1.29, 1.82) is 0 Å². The van der Waals surface area contributed by atoms with Gasteiger partial charge in [0.15, 0.2) is 7.05 Å². The van der Waals surface area contributed by atoms with Crippen LogP contribution >= 0.6 is 0 Å². The van der Waals surface area contributed by atoms with E-state index in [4.69, 9.17) is 0 Å². The lowest BCUT2D eigenvalue weighted by molar-refractivity contribution is -0.754. The fourth-order valence-electron chi connectivity index (χ4n) is 1.28. The molecule has 6 heteroatoms. The molecule has 1 aromatic rings. The smallest absolute Gasteiger partial charge is 0.336 e. The highest BCUT2D eigenvalue weighted by molar-refractivity contribution is 6.05. The molecule has 0 saturated heterocycles. The molecule has 0 saturated carbocycles. The van der Waals surface area contributed by atoms with Gasteiger partial charge in [0, 0.05) is 6.92 Å². The van der Waals surface area contributed by atoms with Crippen LogP contribution in [0.3, 0.4) is 0 Å². The number of carbonyl (C=O) groups is 2. The van der Waals surface area contributed by atoms with E-state index in [1.54, 1.807) is 25.1 Å². The van der Waals surface area contributed by atoms with E-state index in [0.29, 0.717) is 11.3 Å². The first-order chi connectivity index (χ1) is 8.07. The van der Waals surface area contributed by atoms with Crippen molar-refractivity contribution < 1.29 is 24.4 Å². The Balaban J connectivity index is 3.12. The van der Waals surface area contributed by atoms with Crippen molar-refractivity contribution in [2.24, 2.45) is 0 Å². The normalized spacial score (nSPS) is 11.4. The Kier molecular flexibility index (Phi) is 4.21. The van der Waals surface area contributed by atoms with Gasteiger partial charge in [-0.15, -0.1) is 0 Å². The zero-order valence-electron chi connectivity index (χ0n) is 9.51. The number of carbonyl (C=O) groups excluding carboxylic acids is 2. The van der Waals surface area contributed by atoms with Crippen LogP contribution in [0.25, 0.3) is 0 Å². The number of nitrogens with zero attached hydrogens (tertiary/aromatic N) is 1. The Hall–Kier alpha value is -2.37. The summed E-state index contributed by atoms with van der Waals surface area (Å²) in [6, 6.07) is 6.59. The lowest BCUT2D eigenvalue weighted by Gasteiger charge is -2.05. The molecule has 0 aliphatic heterocycles. The summed E-state index contributed by atoms with van der Waals surface area (Å²) in [5.74, 6) is -0.700. The van der Waals surface area contributed by atoms with Gasteiger partial charge in [-0.3, -0.25) is 10.0 Å². The van der Waals surface area contributed by atoms with Crippen molar-refractivity contribution in [1.82, 2.24) is 5.48 Å². The molecular weight excluding hydrogens is 224 g/mol. The summed E-state index contributed by atoms with van der Waals surface area (Å²) >= 11 is 0. The first-order valence-electron chi connectivity index (χ1n) is 4.83. The Bertz CT molecular complexity index is 464. The van der Waals surface area contributed by atoms with Crippen LogP contribution in [0.15, 0.2) is 24.3 Å². The minimum Gasteiger partial charge on any atom is -0.336 e. The standard InChI is InChI=1S/C11H12N2O4/c1-8(13(2)16)9-5-3-4-6-10(9)11(15)17-12-7-14/h3-7H,1-2H3,(H-,12,14,15,16)/p+1. The van der Waals surface area contributed by atoms with Gasteiger partial charge < -0.3 is 4.84 Å². The Labute approximate surface area is 98.1 Å². The molecular formula is C11H13N2O4+. The maximum Gasteiger partial charge on any atom is 0.363 e. The highest BCUT2D eigenvalue weighted by Crippen LogP contribution is 2.10. The van der Waals surface area contributed by atoms with Gasteiger partial charge in [0.05, 0.1) is 11.1 Å². The molecule has 1 aromatic carbocycles. The second-order valence-corrected chi connectivity index (χ2v) is 3.28. The minimum absolute atomic E-state index is 0.250. The molecule has 1 rings (SSSR count). The molecule has 0 bridgehead atoms. The van der Waals surface area contributed by atoms with Crippen LogP contribution in [-0.2, 0) is 9.63 Å². The number of nitrogens with one attached hydrogen (secondary N) is 1. The molecule has 0 aliphatic rings. The largest absolute Gasteiger partial charge is 0.363 e. The van der Waals surface area contributed by atoms with Crippen molar-refractivity contribution in [2.45, 2.75) is 6.92 Å². The number of amides is 1. The Morgan fingerprint density at radius 1 is 1.41 bits per heavy atom. The second kappa shape index (κ2) is 5.64. The zero-order chi connectivity index (χ0) is 12.8. The molecule has 0 aromatic heterocycles. The lowest BCUT2D eigenvalue weighted by Crippen LogP contribution is -2.21. The molecule has 90 valence electrons. The quantitative estimate of drug-likeness (QED) is 0.260.